The molecule has 2 N–H and O–H groups in total. The van der Waals surface area contributed by atoms with Gasteiger partial charge in [0, 0.05) is 12.2 Å². The number of pyridine rings is 1. The van der Waals surface area contributed by atoms with Gasteiger partial charge in [0.15, 0.2) is 0 Å². The smallest absolute Gasteiger partial charge is 0.340 e. The van der Waals surface area contributed by atoms with Crippen LogP contribution in [0.2, 0.25) is 0 Å². The van der Waals surface area contributed by atoms with Gasteiger partial charge in [-0.25, -0.2) is 9.78 Å². The lowest BCUT2D eigenvalue weighted by Gasteiger charge is -2.19. The van der Waals surface area contributed by atoms with Gasteiger partial charge in [-0.05, 0) is 45.8 Å². The molecular formula is C15H23N3O3. The molecule has 0 amide bonds. The molecule has 6 nitrogen and oxygen atoms in total. The van der Waals surface area contributed by atoms with E-state index in [2.05, 4.69) is 16.9 Å². The van der Waals surface area contributed by atoms with Crippen LogP contribution in [0.5, 0.6) is 5.88 Å². The molecule has 1 aliphatic rings. The molecular weight excluding hydrogens is 270 g/mol. The van der Waals surface area contributed by atoms with E-state index >= 15 is 0 Å². The van der Waals surface area contributed by atoms with E-state index < -0.39 is 5.97 Å². The number of nitrogens with zero attached hydrogens (tertiary/aromatic N) is 2. The highest BCUT2D eigenvalue weighted by Gasteiger charge is 2.21. The van der Waals surface area contributed by atoms with E-state index in [0.717, 1.165) is 13.0 Å². The van der Waals surface area contributed by atoms with Crippen LogP contribution < -0.4 is 10.5 Å². The molecule has 1 saturated heterocycles. The molecule has 2 heterocycles. The molecule has 21 heavy (non-hydrogen) atoms. The van der Waals surface area contributed by atoms with E-state index in [4.69, 9.17) is 15.2 Å². The molecule has 1 fully saturated rings. The summed E-state index contributed by atoms with van der Waals surface area (Å²) in [5.41, 5.74) is 6.49. The summed E-state index contributed by atoms with van der Waals surface area (Å²) < 4.78 is 10.6. The standard InChI is InChI=1S/C15H23N3O3/c1-3-20-15(19)12-6-8-17-14(13(12)16)21-10-7-11-5-4-9-18(11)2/h6,8,11H,3-5,7,9-10,16H2,1-2H3. The van der Waals surface area contributed by atoms with Crippen LogP contribution in [0.3, 0.4) is 0 Å². The van der Waals surface area contributed by atoms with Gasteiger partial charge in [-0.2, -0.15) is 0 Å². The van der Waals surface area contributed by atoms with E-state index in [1.165, 1.54) is 19.0 Å². The summed E-state index contributed by atoms with van der Waals surface area (Å²) in [4.78, 5) is 18.2. The van der Waals surface area contributed by atoms with E-state index in [0.29, 0.717) is 30.7 Å². The quantitative estimate of drug-likeness (QED) is 0.804. The zero-order chi connectivity index (χ0) is 15.2. The summed E-state index contributed by atoms with van der Waals surface area (Å²) in [6.45, 7) is 3.75. The van der Waals surface area contributed by atoms with E-state index in [1.807, 2.05) is 0 Å². The van der Waals surface area contributed by atoms with Gasteiger partial charge in [-0.15, -0.1) is 0 Å². The summed E-state index contributed by atoms with van der Waals surface area (Å²) in [5.74, 6) is -0.140. The van der Waals surface area contributed by atoms with Crippen LogP contribution in [-0.4, -0.2) is 48.7 Å². The van der Waals surface area contributed by atoms with Gasteiger partial charge in [0.2, 0.25) is 5.88 Å². The van der Waals surface area contributed by atoms with E-state index in [1.54, 1.807) is 13.0 Å². The average Bonchev–Trinajstić information content (AvgIpc) is 2.86. The Balaban J connectivity index is 1.94. The minimum absolute atomic E-state index is 0.246. The van der Waals surface area contributed by atoms with Crippen molar-refractivity contribution in [3.63, 3.8) is 0 Å². The maximum absolute atomic E-state index is 11.8. The van der Waals surface area contributed by atoms with Gasteiger partial charge in [0.25, 0.3) is 0 Å². The first-order valence-corrected chi connectivity index (χ1v) is 7.38. The Bertz CT molecular complexity index is 493. The molecule has 2 rings (SSSR count). The lowest BCUT2D eigenvalue weighted by atomic mass is 10.1. The predicted molar refractivity (Wildman–Crippen MR) is 80.4 cm³/mol. The van der Waals surface area contributed by atoms with Crippen molar-refractivity contribution in [2.24, 2.45) is 0 Å². The van der Waals surface area contributed by atoms with Crippen LogP contribution >= 0.6 is 0 Å². The van der Waals surface area contributed by atoms with Gasteiger partial charge in [-0.3, -0.25) is 0 Å². The number of esters is 1. The normalized spacial score (nSPS) is 18.7. The van der Waals surface area contributed by atoms with Crippen LogP contribution in [0.25, 0.3) is 0 Å². The maximum Gasteiger partial charge on any atom is 0.340 e. The number of nitrogens with two attached hydrogens (primary N) is 1. The lowest BCUT2D eigenvalue weighted by molar-refractivity contribution is 0.0527. The summed E-state index contributed by atoms with van der Waals surface area (Å²) >= 11 is 0. The number of carbonyl (C=O) groups excluding carboxylic acids is 1. The number of hydrogen-bond acceptors (Lipinski definition) is 6. The molecule has 6 heteroatoms. The molecule has 1 aliphatic heterocycles. The van der Waals surface area contributed by atoms with Crippen LogP contribution in [0.15, 0.2) is 12.3 Å². The Morgan fingerprint density at radius 1 is 1.57 bits per heavy atom. The van der Waals surface area contributed by atoms with Crippen molar-refractivity contribution in [3.05, 3.63) is 17.8 Å². The van der Waals surface area contributed by atoms with Crippen molar-refractivity contribution in [2.75, 3.05) is 32.5 Å². The topological polar surface area (TPSA) is 77.7 Å². The Hall–Kier alpha value is -1.82. The molecule has 1 atom stereocenters. The SMILES string of the molecule is CCOC(=O)c1ccnc(OCCC2CCCN2C)c1N. The van der Waals surface area contributed by atoms with Crippen LogP contribution in [0.4, 0.5) is 5.69 Å². The zero-order valence-electron chi connectivity index (χ0n) is 12.7. The number of anilines is 1. The monoisotopic (exact) mass is 293 g/mol. The number of hydrogen-bond donors (Lipinski definition) is 1. The number of ether oxygens (including phenoxy) is 2. The third kappa shape index (κ3) is 3.85. The number of aromatic nitrogens is 1. The molecule has 0 radical (unpaired) electrons. The van der Waals surface area contributed by atoms with Gasteiger partial charge < -0.3 is 20.1 Å². The maximum atomic E-state index is 11.8. The first-order valence-electron chi connectivity index (χ1n) is 7.38. The van der Waals surface area contributed by atoms with E-state index in [9.17, 15) is 4.79 Å². The summed E-state index contributed by atoms with van der Waals surface area (Å²) in [5, 5.41) is 0. The fourth-order valence-electron chi connectivity index (χ4n) is 2.59. The highest BCUT2D eigenvalue weighted by Crippen LogP contribution is 2.24. The third-order valence-electron chi connectivity index (χ3n) is 3.81. The highest BCUT2D eigenvalue weighted by molar-refractivity contribution is 5.96. The van der Waals surface area contributed by atoms with Crippen molar-refractivity contribution in [3.8, 4) is 5.88 Å². The van der Waals surface area contributed by atoms with Crippen molar-refractivity contribution >= 4 is 11.7 Å². The largest absolute Gasteiger partial charge is 0.476 e. The lowest BCUT2D eigenvalue weighted by Crippen LogP contribution is -2.26. The summed E-state index contributed by atoms with van der Waals surface area (Å²) in [7, 11) is 2.13. The first kappa shape index (κ1) is 15.6. The van der Waals surface area contributed by atoms with Crippen molar-refractivity contribution in [1.29, 1.82) is 0 Å². The summed E-state index contributed by atoms with van der Waals surface area (Å²) in [6, 6.07) is 2.10. The van der Waals surface area contributed by atoms with Gasteiger partial charge in [0.1, 0.15) is 5.69 Å². The minimum atomic E-state index is -0.447. The molecule has 0 spiro atoms. The van der Waals surface area contributed by atoms with Gasteiger partial charge in [-0.1, -0.05) is 0 Å². The van der Waals surface area contributed by atoms with Crippen LogP contribution in [0.1, 0.15) is 36.5 Å². The van der Waals surface area contributed by atoms with Crippen molar-refractivity contribution in [1.82, 2.24) is 9.88 Å². The highest BCUT2D eigenvalue weighted by atomic mass is 16.5. The number of nitrogen functional groups attached to an aromatic ring is 1. The van der Waals surface area contributed by atoms with Crippen LogP contribution in [0, 0.1) is 0 Å². The van der Waals surface area contributed by atoms with Crippen molar-refractivity contribution < 1.29 is 14.3 Å². The molecule has 1 aromatic heterocycles. The number of carbonyl (C=O) groups is 1. The Morgan fingerprint density at radius 3 is 3.05 bits per heavy atom. The van der Waals surface area contributed by atoms with Crippen molar-refractivity contribution in [2.45, 2.75) is 32.2 Å². The molecule has 1 aromatic rings. The fourth-order valence-corrected chi connectivity index (χ4v) is 2.59. The minimum Gasteiger partial charge on any atom is -0.476 e. The molecule has 0 aliphatic carbocycles. The molecule has 0 bridgehead atoms. The Kier molecular flexibility index (Phi) is 5.38. The first-order chi connectivity index (χ1) is 10.1. The Morgan fingerprint density at radius 2 is 2.38 bits per heavy atom. The third-order valence-corrected chi connectivity index (χ3v) is 3.81. The fraction of sp³-hybridized carbons (Fsp3) is 0.600. The number of likely N-dealkylation sites (tertiary alicyclic amines) is 1. The van der Waals surface area contributed by atoms with Gasteiger partial charge in [0.05, 0.1) is 18.8 Å². The molecule has 1 unspecified atom stereocenters. The second kappa shape index (κ2) is 7.26. The zero-order valence-corrected chi connectivity index (χ0v) is 12.7. The number of rotatable bonds is 6. The summed E-state index contributed by atoms with van der Waals surface area (Å²) in [6.07, 6.45) is 4.88. The Labute approximate surface area is 125 Å². The molecule has 116 valence electrons. The average molecular weight is 293 g/mol. The molecule has 0 saturated carbocycles. The van der Waals surface area contributed by atoms with Gasteiger partial charge >= 0.3 is 5.97 Å². The van der Waals surface area contributed by atoms with Crippen LogP contribution in [-0.2, 0) is 4.74 Å². The predicted octanol–water partition coefficient (Wildman–Crippen LogP) is 1.70. The second-order valence-corrected chi connectivity index (χ2v) is 5.21. The molecule has 0 aromatic carbocycles. The van der Waals surface area contributed by atoms with E-state index in [-0.39, 0.29) is 5.69 Å². The second-order valence-electron chi connectivity index (χ2n) is 5.21.